The lowest BCUT2D eigenvalue weighted by Gasteiger charge is -2.23. The zero-order valence-corrected chi connectivity index (χ0v) is 12.5. The van der Waals surface area contributed by atoms with Crippen LogP contribution >= 0.6 is 0 Å². The summed E-state index contributed by atoms with van der Waals surface area (Å²) in [4.78, 5) is 0. The summed E-state index contributed by atoms with van der Waals surface area (Å²) in [7, 11) is 1.68. The number of nitrogens with two attached hydrogens (primary N) is 1. The fourth-order valence-corrected chi connectivity index (χ4v) is 2.47. The number of allylic oxidation sites excluding steroid dienone is 1. The van der Waals surface area contributed by atoms with Gasteiger partial charge in [-0.05, 0) is 49.8 Å². The number of methoxy groups -OCH3 is 1. The summed E-state index contributed by atoms with van der Waals surface area (Å²) in [5, 5.41) is 0. The predicted molar refractivity (Wildman–Crippen MR) is 82.4 cm³/mol. The predicted octanol–water partition coefficient (Wildman–Crippen LogP) is 3.46. The SMILES string of the molecule is CCC(N)Cc1cccc(OC)c1OC1C=CCCC1. The number of rotatable bonds is 6. The van der Waals surface area contributed by atoms with Crippen molar-refractivity contribution in [1.82, 2.24) is 0 Å². The van der Waals surface area contributed by atoms with E-state index in [4.69, 9.17) is 15.2 Å². The van der Waals surface area contributed by atoms with Gasteiger partial charge < -0.3 is 15.2 Å². The number of hydrogen-bond acceptors (Lipinski definition) is 3. The molecule has 0 amide bonds. The van der Waals surface area contributed by atoms with Crippen molar-refractivity contribution in [3.05, 3.63) is 35.9 Å². The van der Waals surface area contributed by atoms with Crippen LogP contribution in [0.2, 0.25) is 0 Å². The Morgan fingerprint density at radius 1 is 1.40 bits per heavy atom. The van der Waals surface area contributed by atoms with Gasteiger partial charge in [0.15, 0.2) is 11.5 Å². The van der Waals surface area contributed by atoms with Crippen LogP contribution in [0.3, 0.4) is 0 Å². The Kier molecular flexibility index (Phi) is 5.48. The summed E-state index contributed by atoms with van der Waals surface area (Å²) in [5.41, 5.74) is 7.22. The van der Waals surface area contributed by atoms with Crippen LogP contribution in [0.1, 0.15) is 38.2 Å². The van der Waals surface area contributed by atoms with Crippen LogP contribution in [-0.2, 0) is 6.42 Å². The van der Waals surface area contributed by atoms with Gasteiger partial charge in [-0.3, -0.25) is 0 Å². The molecule has 1 aromatic carbocycles. The molecule has 0 bridgehead atoms. The highest BCUT2D eigenvalue weighted by Gasteiger charge is 2.17. The average Bonchev–Trinajstić information content (AvgIpc) is 2.49. The Hall–Kier alpha value is -1.48. The van der Waals surface area contributed by atoms with E-state index in [0.29, 0.717) is 0 Å². The molecule has 110 valence electrons. The minimum Gasteiger partial charge on any atom is -0.493 e. The Morgan fingerprint density at radius 3 is 2.90 bits per heavy atom. The van der Waals surface area contributed by atoms with Crippen LogP contribution in [-0.4, -0.2) is 19.3 Å². The Bertz CT molecular complexity index is 456. The van der Waals surface area contributed by atoms with Crippen LogP contribution in [0.25, 0.3) is 0 Å². The van der Waals surface area contributed by atoms with E-state index in [1.165, 1.54) is 6.42 Å². The zero-order chi connectivity index (χ0) is 14.4. The van der Waals surface area contributed by atoms with Crippen molar-refractivity contribution in [2.75, 3.05) is 7.11 Å². The first-order chi connectivity index (χ1) is 9.74. The number of hydrogen-bond donors (Lipinski definition) is 1. The quantitative estimate of drug-likeness (QED) is 0.809. The molecule has 1 aromatic rings. The third-order valence-corrected chi connectivity index (χ3v) is 3.77. The van der Waals surface area contributed by atoms with Gasteiger partial charge in [-0.25, -0.2) is 0 Å². The van der Waals surface area contributed by atoms with E-state index in [9.17, 15) is 0 Å². The summed E-state index contributed by atoms with van der Waals surface area (Å²) in [6.07, 6.45) is 9.67. The molecule has 1 aliphatic rings. The fourth-order valence-electron chi connectivity index (χ4n) is 2.47. The topological polar surface area (TPSA) is 44.5 Å². The van der Waals surface area contributed by atoms with Gasteiger partial charge in [0.25, 0.3) is 0 Å². The summed E-state index contributed by atoms with van der Waals surface area (Å²) in [6, 6.07) is 6.19. The lowest BCUT2D eigenvalue weighted by molar-refractivity contribution is 0.217. The van der Waals surface area contributed by atoms with Gasteiger partial charge in [-0.15, -0.1) is 0 Å². The van der Waals surface area contributed by atoms with E-state index < -0.39 is 0 Å². The Morgan fingerprint density at radius 2 is 2.25 bits per heavy atom. The minimum absolute atomic E-state index is 0.150. The first-order valence-electron chi connectivity index (χ1n) is 7.49. The van der Waals surface area contributed by atoms with Crippen molar-refractivity contribution in [2.24, 2.45) is 5.73 Å². The van der Waals surface area contributed by atoms with Gasteiger partial charge in [0.05, 0.1) is 7.11 Å². The highest BCUT2D eigenvalue weighted by molar-refractivity contribution is 5.47. The lowest BCUT2D eigenvalue weighted by Crippen LogP contribution is -2.23. The maximum absolute atomic E-state index is 6.19. The number of benzene rings is 1. The van der Waals surface area contributed by atoms with Crippen LogP contribution in [0.15, 0.2) is 30.4 Å². The van der Waals surface area contributed by atoms with Gasteiger partial charge in [-0.2, -0.15) is 0 Å². The second-order valence-electron chi connectivity index (χ2n) is 5.34. The Labute approximate surface area is 121 Å². The molecule has 0 spiro atoms. The van der Waals surface area contributed by atoms with Gasteiger partial charge >= 0.3 is 0 Å². The molecule has 1 aliphatic carbocycles. The molecule has 20 heavy (non-hydrogen) atoms. The monoisotopic (exact) mass is 275 g/mol. The summed E-state index contributed by atoms with van der Waals surface area (Å²) in [6.45, 7) is 2.11. The molecule has 3 heteroatoms. The smallest absolute Gasteiger partial charge is 0.165 e. The molecule has 0 radical (unpaired) electrons. The van der Waals surface area contributed by atoms with Crippen molar-refractivity contribution < 1.29 is 9.47 Å². The van der Waals surface area contributed by atoms with Crippen molar-refractivity contribution in [3.63, 3.8) is 0 Å². The first-order valence-corrected chi connectivity index (χ1v) is 7.49. The van der Waals surface area contributed by atoms with Crippen molar-refractivity contribution in [2.45, 2.75) is 51.2 Å². The first kappa shape index (κ1) is 14.9. The lowest BCUT2D eigenvalue weighted by atomic mass is 10.0. The maximum atomic E-state index is 6.19. The standard InChI is InChI=1S/C17H25NO2/c1-3-14(18)12-13-8-7-11-16(19-2)17(13)20-15-9-5-4-6-10-15/h5,7-9,11,14-15H,3-4,6,10,12,18H2,1-2H3. The van der Waals surface area contributed by atoms with Crippen LogP contribution in [0, 0.1) is 0 Å². The highest BCUT2D eigenvalue weighted by Crippen LogP contribution is 2.34. The van der Waals surface area contributed by atoms with Crippen LogP contribution < -0.4 is 15.2 Å². The van der Waals surface area contributed by atoms with E-state index in [1.807, 2.05) is 12.1 Å². The van der Waals surface area contributed by atoms with E-state index in [2.05, 4.69) is 25.1 Å². The molecule has 0 saturated heterocycles. The van der Waals surface area contributed by atoms with E-state index in [-0.39, 0.29) is 12.1 Å². The van der Waals surface area contributed by atoms with Gasteiger partial charge in [0.1, 0.15) is 6.10 Å². The molecule has 2 unspecified atom stereocenters. The zero-order valence-electron chi connectivity index (χ0n) is 12.5. The van der Waals surface area contributed by atoms with Crippen LogP contribution in [0.4, 0.5) is 0 Å². The van der Waals surface area contributed by atoms with Gasteiger partial charge in [0.2, 0.25) is 0 Å². The van der Waals surface area contributed by atoms with E-state index >= 15 is 0 Å². The average molecular weight is 275 g/mol. The molecule has 0 fully saturated rings. The normalized spacial score (nSPS) is 19.6. The largest absolute Gasteiger partial charge is 0.493 e. The summed E-state index contributed by atoms with van der Waals surface area (Å²) < 4.78 is 11.6. The second kappa shape index (κ2) is 7.34. The molecular formula is C17H25NO2. The highest BCUT2D eigenvalue weighted by atomic mass is 16.5. The molecule has 0 aromatic heterocycles. The van der Waals surface area contributed by atoms with E-state index in [0.717, 1.165) is 42.7 Å². The van der Waals surface area contributed by atoms with E-state index in [1.54, 1.807) is 7.11 Å². The molecule has 3 nitrogen and oxygen atoms in total. The summed E-state index contributed by atoms with van der Waals surface area (Å²) in [5.74, 6) is 1.65. The Balaban J connectivity index is 2.22. The van der Waals surface area contributed by atoms with Gasteiger partial charge in [0, 0.05) is 6.04 Å². The number of ether oxygens (including phenoxy) is 2. The van der Waals surface area contributed by atoms with Crippen molar-refractivity contribution >= 4 is 0 Å². The minimum atomic E-state index is 0.150. The molecular weight excluding hydrogens is 250 g/mol. The second-order valence-corrected chi connectivity index (χ2v) is 5.34. The van der Waals surface area contributed by atoms with Gasteiger partial charge in [-0.1, -0.05) is 25.1 Å². The fraction of sp³-hybridized carbons (Fsp3) is 0.529. The summed E-state index contributed by atoms with van der Waals surface area (Å²) >= 11 is 0. The third-order valence-electron chi connectivity index (χ3n) is 3.77. The molecule has 2 rings (SSSR count). The third kappa shape index (κ3) is 3.76. The van der Waals surface area contributed by atoms with Crippen molar-refractivity contribution in [1.29, 1.82) is 0 Å². The molecule has 0 heterocycles. The van der Waals surface area contributed by atoms with Crippen molar-refractivity contribution in [3.8, 4) is 11.5 Å². The molecule has 2 atom stereocenters. The molecule has 2 N–H and O–H groups in total. The number of para-hydroxylation sites is 1. The maximum Gasteiger partial charge on any atom is 0.165 e. The van der Waals surface area contributed by atoms with Crippen LogP contribution in [0.5, 0.6) is 11.5 Å². The molecule has 0 saturated carbocycles. The molecule has 0 aliphatic heterocycles.